The van der Waals surface area contributed by atoms with Gasteiger partial charge in [-0.25, -0.2) is 0 Å². The molecule has 8 heteroatoms. The van der Waals surface area contributed by atoms with E-state index in [0.29, 0.717) is 0 Å². The van der Waals surface area contributed by atoms with Gasteiger partial charge >= 0.3 is 0 Å². The number of nitrogens with one attached hydrogen (secondary N) is 2. The third-order valence-electron chi connectivity index (χ3n) is 2.77. The standard InChI is InChI=1S/C14H10N2O5S/c15-11-5-6-12(13(7-11)22(19,20)21)16-14(18)10-3-1-9(8-17)2-4-10/h1-7,15H,(H,16,18)(H,19,20,21). The summed E-state index contributed by atoms with van der Waals surface area (Å²) in [5.41, 5.74) is 7.57. The lowest BCUT2D eigenvalue weighted by molar-refractivity contribution is 0.102. The van der Waals surface area contributed by atoms with E-state index in [-0.39, 0.29) is 22.5 Å². The molecule has 112 valence electrons. The number of carbonyl (C=O) groups is 1. The molecule has 0 saturated carbocycles. The molecule has 0 bridgehead atoms. The maximum Gasteiger partial charge on any atom is 0.296 e. The lowest BCUT2D eigenvalue weighted by atomic mass is 10.1. The van der Waals surface area contributed by atoms with Crippen molar-refractivity contribution < 1.29 is 22.6 Å². The van der Waals surface area contributed by atoms with Crippen LogP contribution >= 0.6 is 0 Å². The van der Waals surface area contributed by atoms with Crippen molar-refractivity contribution in [3.63, 3.8) is 0 Å². The first-order valence-corrected chi connectivity index (χ1v) is 7.38. The van der Waals surface area contributed by atoms with Gasteiger partial charge in [-0.3, -0.25) is 14.1 Å². The Labute approximate surface area is 126 Å². The van der Waals surface area contributed by atoms with Crippen molar-refractivity contribution in [2.45, 2.75) is 4.90 Å². The summed E-state index contributed by atoms with van der Waals surface area (Å²) in [6.07, 6.45) is 1.66. The van der Waals surface area contributed by atoms with E-state index in [1.807, 2.05) is 0 Å². The SMILES string of the molecule is [NH]c1ccc(NC(=O)c2ccc([C]=O)cc2)c(S(=O)(=O)O)c1. The monoisotopic (exact) mass is 318 g/mol. The Morgan fingerprint density at radius 3 is 2.32 bits per heavy atom. The molecule has 0 spiro atoms. The van der Waals surface area contributed by atoms with Crippen LogP contribution in [-0.4, -0.2) is 25.2 Å². The van der Waals surface area contributed by atoms with E-state index in [1.54, 1.807) is 6.29 Å². The van der Waals surface area contributed by atoms with Crippen molar-refractivity contribution in [3.8, 4) is 0 Å². The zero-order valence-electron chi connectivity index (χ0n) is 11.0. The lowest BCUT2D eigenvalue weighted by Crippen LogP contribution is -2.14. The van der Waals surface area contributed by atoms with Gasteiger partial charge in [0.05, 0.1) is 11.4 Å². The summed E-state index contributed by atoms with van der Waals surface area (Å²) in [5, 5.41) is 2.34. The highest BCUT2D eigenvalue weighted by molar-refractivity contribution is 7.86. The average molecular weight is 318 g/mol. The van der Waals surface area contributed by atoms with Crippen molar-refractivity contribution in [1.29, 1.82) is 0 Å². The van der Waals surface area contributed by atoms with Crippen molar-refractivity contribution in [2.24, 2.45) is 0 Å². The van der Waals surface area contributed by atoms with Gasteiger partial charge in [-0.15, -0.1) is 0 Å². The second-order valence-electron chi connectivity index (χ2n) is 4.32. The van der Waals surface area contributed by atoms with E-state index in [2.05, 4.69) is 5.32 Å². The van der Waals surface area contributed by atoms with Gasteiger partial charge < -0.3 is 11.1 Å². The Kier molecular flexibility index (Phi) is 4.25. The molecule has 2 aromatic rings. The van der Waals surface area contributed by atoms with Crippen LogP contribution in [0.15, 0.2) is 47.4 Å². The Hall–Kier alpha value is -2.71. The summed E-state index contributed by atoms with van der Waals surface area (Å²) >= 11 is 0. The summed E-state index contributed by atoms with van der Waals surface area (Å²) < 4.78 is 31.7. The molecule has 0 atom stereocenters. The highest BCUT2D eigenvalue weighted by Crippen LogP contribution is 2.24. The Balaban J connectivity index is 2.34. The first-order chi connectivity index (χ1) is 10.3. The highest BCUT2D eigenvalue weighted by Gasteiger charge is 2.18. The van der Waals surface area contributed by atoms with Crippen molar-refractivity contribution in [1.82, 2.24) is 5.73 Å². The minimum Gasteiger partial charge on any atom is -0.321 e. The van der Waals surface area contributed by atoms with Crippen molar-refractivity contribution in [3.05, 3.63) is 53.6 Å². The molecule has 3 N–H and O–H groups in total. The molecule has 2 aromatic carbocycles. The number of benzene rings is 2. The first-order valence-electron chi connectivity index (χ1n) is 5.94. The normalized spacial score (nSPS) is 11.0. The van der Waals surface area contributed by atoms with E-state index in [4.69, 9.17) is 10.3 Å². The highest BCUT2D eigenvalue weighted by atomic mass is 32.2. The summed E-state index contributed by atoms with van der Waals surface area (Å²) in [4.78, 5) is 21.9. The van der Waals surface area contributed by atoms with Gasteiger partial charge in [-0.05, 0) is 30.3 Å². The van der Waals surface area contributed by atoms with Crippen LogP contribution in [0.3, 0.4) is 0 Å². The zero-order chi connectivity index (χ0) is 16.3. The minimum atomic E-state index is -4.58. The minimum absolute atomic E-state index is 0.128. The third kappa shape index (κ3) is 3.48. The quantitative estimate of drug-likeness (QED) is 0.828. The van der Waals surface area contributed by atoms with E-state index in [0.717, 1.165) is 6.07 Å². The third-order valence-corrected chi connectivity index (χ3v) is 3.67. The van der Waals surface area contributed by atoms with Gasteiger partial charge in [0.15, 0.2) is 0 Å². The largest absolute Gasteiger partial charge is 0.321 e. The first kappa shape index (κ1) is 15.7. The Bertz CT molecular complexity index is 829. The van der Waals surface area contributed by atoms with Crippen LogP contribution in [0.2, 0.25) is 0 Å². The second kappa shape index (κ2) is 5.96. The second-order valence-corrected chi connectivity index (χ2v) is 5.71. The van der Waals surface area contributed by atoms with Gasteiger partial charge in [0.2, 0.25) is 6.29 Å². The average Bonchev–Trinajstić information content (AvgIpc) is 2.48. The van der Waals surface area contributed by atoms with Gasteiger partial charge in [0.25, 0.3) is 16.0 Å². The number of anilines is 1. The van der Waals surface area contributed by atoms with E-state index in [9.17, 15) is 18.0 Å². The van der Waals surface area contributed by atoms with Gasteiger partial charge in [0, 0.05) is 11.1 Å². The summed E-state index contributed by atoms with van der Waals surface area (Å²) in [6.45, 7) is 0. The van der Waals surface area contributed by atoms with Crippen LogP contribution < -0.4 is 11.1 Å². The molecule has 0 aliphatic carbocycles. The molecule has 0 fully saturated rings. The Morgan fingerprint density at radius 1 is 1.14 bits per heavy atom. The van der Waals surface area contributed by atoms with Crippen LogP contribution in [0.4, 0.5) is 11.4 Å². The fraction of sp³-hybridized carbons (Fsp3) is 0. The van der Waals surface area contributed by atoms with Crippen LogP contribution in [0.25, 0.3) is 0 Å². The number of hydrogen-bond donors (Lipinski definition) is 2. The molecule has 0 aliphatic heterocycles. The Morgan fingerprint density at radius 2 is 1.77 bits per heavy atom. The van der Waals surface area contributed by atoms with Crippen LogP contribution in [-0.2, 0) is 14.9 Å². The molecule has 22 heavy (non-hydrogen) atoms. The number of hydrogen-bond acceptors (Lipinski definition) is 4. The molecule has 2 radical (unpaired) electrons. The topological polar surface area (TPSA) is 124 Å². The fourth-order valence-corrected chi connectivity index (χ4v) is 2.40. The van der Waals surface area contributed by atoms with E-state index in [1.165, 1.54) is 36.4 Å². The zero-order valence-corrected chi connectivity index (χ0v) is 11.8. The van der Waals surface area contributed by atoms with Crippen LogP contribution in [0.5, 0.6) is 0 Å². The van der Waals surface area contributed by atoms with Gasteiger partial charge in [-0.2, -0.15) is 8.42 Å². The van der Waals surface area contributed by atoms with E-state index >= 15 is 0 Å². The summed E-state index contributed by atoms with van der Waals surface area (Å²) in [6, 6.07) is 8.93. The molecule has 0 heterocycles. The maximum absolute atomic E-state index is 12.0. The van der Waals surface area contributed by atoms with Gasteiger partial charge in [-0.1, -0.05) is 12.1 Å². The number of amides is 1. The van der Waals surface area contributed by atoms with Crippen molar-refractivity contribution >= 4 is 33.7 Å². The molecule has 0 aromatic heterocycles. The summed E-state index contributed by atoms with van der Waals surface area (Å²) in [7, 11) is -4.58. The molecule has 0 saturated heterocycles. The molecule has 0 unspecified atom stereocenters. The van der Waals surface area contributed by atoms with E-state index < -0.39 is 20.9 Å². The molecular weight excluding hydrogens is 308 g/mol. The van der Waals surface area contributed by atoms with Gasteiger partial charge in [0.1, 0.15) is 4.90 Å². The molecule has 7 nitrogen and oxygen atoms in total. The predicted molar refractivity (Wildman–Crippen MR) is 78.2 cm³/mol. The smallest absolute Gasteiger partial charge is 0.296 e. The fourth-order valence-electron chi connectivity index (χ4n) is 1.72. The number of carbonyl (C=O) groups excluding carboxylic acids is 2. The maximum atomic E-state index is 12.0. The summed E-state index contributed by atoms with van der Waals surface area (Å²) in [5.74, 6) is -0.625. The van der Waals surface area contributed by atoms with Crippen molar-refractivity contribution in [2.75, 3.05) is 5.32 Å². The predicted octanol–water partition coefficient (Wildman–Crippen LogP) is 1.56. The molecule has 0 aliphatic rings. The molecule has 2 rings (SSSR count). The van der Waals surface area contributed by atoms with Crippen LogP contribution in [0, 0.1) is 0 Å². The number of rotatable bonds is 4. The van der Waals surface area contributed by atoms with Crippen LogP contribution in [0.1, 0.15) is 15.9 Å². The lowest BCUT2D eigenvalue weighted by Gasteiger charge is -2.10. The molecular formula is C14H10N2O5S. The molecule has 1 amide bonds.